The van der Waals surface area contributed by atoms with Crippen LogP contribution in [0.3, 0.4) is 0 Å². The third kappa shape index (κ3) is 3.96. The number of nitrogens with zero attached hydrogens (tertiary/aromatic N) is 2. The number of ether oxygens (including phenoxy) is 1. The average molecular weight is 306 g/mol. The third-order valence-electron chi connectivity index (χ3n) is 3.62. The summed E-state index contributed by atoms with van der Waals surface area (Å²) in [5, 5.41) is 9.51. The lowest BCUT2D eigenvalue weighted by molar-refractivity contribution is -0.143. The Morgan fingerprint density at radius 3 is 2.73 bits per heavy atom. The van der Waals surface area contributed by atoms with E-state index in [4.69, 9.17) is 4.74 Å². The molecule has 1 fully saturated rings. The number of pyridine rings is 1. The van der Waals surface area contributed by atoms with Gasteiger partial charge in [0, 0.05) is 18.9 Å². The van der Waals surface area contributed by atoms with Crippen LogP contribution >= 0.6 is 0 Å². The molecule has 1 amide bonds. The second-order valence-electron chi connectivity index (χ2n) is 6.57. The number of hydrogen-bond donors (Lipinski definition) is 1. The van der Waals surface area contributed by atoms with E-state index in [0.29, 0.717) is 19.4 Å². The molecule has 6 nitrogen and oxygen atoms in total. The number of amides is 1. The van der Waals surface area contributed by atoms with Gasteiger partial charge in [0.15, 0.2) is 0 Å². The molecular formula is C16H22N2O4. The van der Waals surface area contributed by atoms with E-state index in [1.54, 1.807) is 33.2 Å². The van der Waals surface area contributed by atoms with Gasteiger partial charge in [0.05, 0.1) is 0 Å². The number of likely N-dealkylation sites (tertiary alicyclic amines) is 1. The first-order chi connectivity index (χ1) is 10.3. The Bertz CT molecular complexity index is 539. The van der Waals surface area contributed by atoms with Gasteiger partial charge in [-0.2, -0.15) is 0 Å². The fourth-order valence-electron chi connectivity index (χ4n) is 2.75. The Balaban J connectivity index is 2.11. The molecule has 1 aliphatic rings. The number of aliphatic carboxylic acids is 1. The average Bonchev–Trinajstić information content (AvgIpc) is 2.82. The highest BCUT2D eigenvalue weighted by atomic mass is 16.6. The van der Waals surface area contributed by atoms with Gasteiger partial charge in [0.2, 0.25) is 0 Å². The quantitative estimate of drug-likeness (QED) is 0.927. The van der Waals surface area contributed by atoms with Gasteiger partial charge >= 0.3 is 12.1 Å². The maximum atomic E-state index is 12.2. The van der Waals surface area contributed by atoms with E-state index in [-0.39, 0.29) is 5.92 Å². The Morgan fingerprint density at radius 2 is 2.18 bits per heavy atom. The van der Waals surface area contributed by atoms with E-state index < -0.39 is 23.7 Å². The Kier molecular flexibility index (Phi) is 4.68. The summed E-state index contributed by atoms with van der Waals surface area (Å²) in [5.41, 5.74) is 0.339. The standard InChI is InChI=1S/C16H22N2O4/c1-16(2,3)22-15(21)18-8-6-12(13(18)14(19)20)9-11-5-4-7-17-10-11/h4-5,7,10,12-13H,6,8-9H2,1-3H3,(H,19,20)/t12-,13-/m0/s1. The van der Waals surface area contributed by atoms with Crippen molar-refractivity contribution in [1.82, 2.24) is 9.88 Å². The molecule has 2 rings (SSSR count). The van der Waals surface area contributed by atoms with Crippen LogP contribution in [0.25, 0.3) is 0 Å². The summed E-state index contributed by atoms with van der Waals surface area (Å²) in [6, 6.07) is 2.89. The number of carbonyl (C=O) groups is 2. The molecule has 0 aromatic carbocycles. The molecule has 1 aromatic heterocycles. The van der Waals surface area contributed by atoms with E-state index in [2.05, 4.69) is 4.98 Å². The van der Waals surface area contributed by atoms with Crippen LogP contribution < -0.4 is 0 Å². The third-order valence-corrected chi connectivity index (χ3v) is 3.62. The summed E-state index contributed by atoms with van der Waals surface area (Å²) in [6.07, 6.45) is 4.08. The maximum Gasteiger partial charge on any atom is 0.411 e. The van der Waals surface area contributed by atoms with E-state index in [1.807, 2.05) is 12.1 Å². The number of carbonyl (C=O) groups excluding carboxylic acids is 1. The summed E-state index contributed by atoms with van der Waals surface area (Å²) < 4.78 is 5.31. The summed E-state index contributed by atoms with van der Waals surface area (Å²) in [7, 11) is 0. The van der Waals surface area contributed by atoms with Crippen molar-refractivity contribution < 1.29 is 19.4 Å². The zero-order chi connectivity index (χ0) is 16.3. The molecule has 0 spiro atoms. The van der Waals surface area contributed by atoms with Crippen LogP contribution in [0, 0.1) is 5.92 Å². The Hall–Kier alpha value is -2.11. The molecule has 0 aliphatic carbocycles. The molecule has 6 heteroatoms. The van der Waals surface area contributed by atoms with Crippen molar-refractivity contribution in [2.75, 3.05) is 6.54 Å². The van der Waals surface area contributed by atoms with Gasteiger partial charge in [-0.3, -0.25) is 9.88 Å². The lowest BCUT2D eigenvalue weighted by Crippen LogP contribution is -2.45. The molecule has 0 radical (unpaired) electrons. The first-order valence-electron chi connectivity index (χ1n) is 7.39. The molecule has 0 saturated carbocycles. The van der Waals surface area contributed by atoms with Crippen molar-refractivity contribution in [3.05, 3.63) is 30.1 Å². The molecule has 1 aliphatic heterocycles. The predicted molar refractivity (Wildman–Crippen MR) is 80.4 cm³/mol. The van der Waals surface area contributed by atoms with Gasteiger partial charge < -0.3 is 9.84 Å². The first-order valence-corrected chi connectivity index (χ1v) is 7.39. The largest absolute Gasteiger partial charge is 0.480 e. The minimum Gasteiger partial charge on any atom is -0.480 e. The molecule has 1 N–H and O–H groups in total. The van der Waals surface area contributed by atoms with Crippen molar-refractivity contribution in [2.45, 2.75) is 45.3 Å². The zero-order valence-electron chi connectivity index (χ0n) is 13.2. The number of carboxylic acid groups (broad SMARTS) is 1. The van der Waals surface area contributed by atoms with Gasteiger partial charge in [-0.15, -0.1) is 0 Å². The molecular weight excluding hydrogens is 284 g/mol. The molecule has 2 atom stereocenters. The summed E-state index contributed by atoms with van der Waals surface area (Å²) in [5.74, 6) is -1.12. The highest BCUT2D eigenvalue weighted by molar-refractivity contribution is 5.81. The lowest BCUT2D eigenvalue weighted by Gasteiger charge is -2.28. The van der Waals surface area contributed by atoms with Crippen molar-refractivity contribution >= 4 is 12.1 Å². The lowest BCUT2D eigenvalue weighted by atomic mass is 9.93. The maximum absolute atomic E-state index is 12.2. The number of carboxylic acids is 1. The fraction of sp³-hybridized carbons (Fsp3) is 0.562. The minimum absolute atomic E-state index is 0.130. The summed E-state index contributed by atoms with van der Waals surface area (Å²) in [6.45, 7) is 5.70. The van der Waals surface area contributed by atoms with Crippen molar-refractivity contribution in [3.8, 4) is 0 Å². The van der Waals surface area contributed by atoms with Crippen molar-refractivity contribution in [2.24, 2.45) is 5.92 Å². The zero-order valence-corrected chi connectivity index (χ0v) is 13.2. The second kappa shape index (κ2) is 6.34. The van der Waals surface area contributed by atoms with Crippen LogP contribution in [0.2, 0.25) is 0 Å². The van der Waals surface area contributed by atoms with Gasteiger partial charge in [0.1, 0.15) is 11.6 Å². The van der Waals surface area contributed by atoms with E-state index in [9.17, 15) is 14.7 Å². The van der Waals surface area contributed by atoms with Crippen LogP contribution in [0.4, 0.5) is 4.79 Å². The highest BCUT2D eigenvalue weighted by Crippen LogP contribution is 2.29. The van der Waals surface area contributed by atoms with E-state index in [0.717, 1.165) is 5.56 Å². The number of aromatic nitrogens is 1. The monoisotopic (exact) mass is 306 g/mol. The normalized spacial score (nSPS) is 21.7. The summed E-state index contributed by atoms with van der Waals surface area (Å²) >= 11 is 0. The molecule has 1 aromatic rings. The molecule has 2 heterocycles. The van der Waals surface area contributed by atoms with Gasteiger partial charge in [-0.25, -0.2) is 9.59 Å². The molecule has 0 bridgehead atoms. The van der Waals surface area contributed by atoms with Crippen LogP contribution in [0.15, 0.2) is 24.5 Å². The smallest absolute Gasteiger partial charge is 0.411 e. The fourth-order valence-corrected chi connectivity index (χ4v) is 2.75. The molecule has 22 heavy (non-hydrogen) atoms. The Labute approximate surface area is 130 Å². The molecule has 0 unspecified atom stereocenters. The van der Waals surface area contributed by atoms with Gasteiger partial charge in [-0.1, -0.05) is 6.07 Å². The SMILES string of the molecule is CC(C)(C)OC(=O)N1CC[C@@H](Cc2cccnc2)[C@H]1C(=O)O. The molecule has 1 saturated heterocycles. The van der Waals surface area contributed by atoms with Crippen molar-refractivity contribution in [1.29, 1.82) is 0 Å². The minimum atomic E-state index is -0.989. The number of rotatable bonds is 3. The Morgan fingerprint density at radius 1 is 1.45 bits per heavy atom. The number of hydrogen-bond acceptors (Lipinski definition) is 4. The van der Waals surface area contributed by atoms with E-state index >= 15 is 0 Å². The molecule has 120 valence electrons. The van der Waals surface area contributed by atoms with Crippen LogP contribution in [0.5, 0.6) is 0 Å². The highest BCUT2D eigenvalue weighted by Gasteiger charge is 2.43. The first kappa shape index (κ1) is 16.3. The summed E-state index contributed by atoms with van der Waals surface area (Å²) in [4.78, 5) is 29.2. The van der Waals surface area contributed by atoms with Crippen LogP contribution in [-0.2, 0) is 16.0 Å². The topological polar surface area (TPSA) is 79.7 Å². The van der Waals surface area contributed by atoms with Crippen molar-refractivity contribution in [3.63, 3.8) is 0 Å². The van der Waals surface area contributed by atoms with Crippen LogP contribution in [-0.4, -0.2) is 45.2 Å². The van der Waals surface area contributed by atoms with Crippen LogP contribution in [0.1, 0.15) is 32.8 Å². The van der Waals surface area contributed by atoms with Gasteiger partial charge in [0.25, 0.3) is 0 Å². The van der Waals surface area contributed by atoms with Gasteiger partial charge in [-0.05, 0) is 51.2 Å². The van der Waals surface area contributed by atoms with E-state index in [1.165, 1.54) is 4.90 Å². The second-order valence-corrected chi connectivity index (χ2v) is 6.57. The predicted octanol–water partition coefficient (Wildman–Crippen LogP) is 2.33.